The second-order valence-electron chi connectivity index (χ2n) is 7.83. The average molecular weight is 433 g/mol. The molecule has 0 saturated carbocycles. The number of aliphatic hydroxyl groups excluding tert-OH is 1. The quantitative estimate of drug-likeness (QED) is 0.608. The molecule has 1 aliphatic heterocycles. The number of furan rings is 1. The molecule has 1 aliphatic rings. The zero-order valence-corrected chi connectivity index (χ0v) is 18.0. The molecule has 2 aromatic heterocycles. The van der Waals surface area contributed by atoms with E-state index in [9.17, 15) is 5.11 Å². The lowest BCUT2D eigenvalue weighted by atomic mass is 9.75. The van der Waals surface area contributed by atoms with E-state index < -0.39 is 0 Å². The number of hydrogen-bond acceptors (Lipinski definition) is 6. The summed E-state index contributed by atoms with van der Waals surface area (Å²) < 4.78 is 7.87. The molecule has 0 amide bonds. The number of hydrogen-bond donors (Lipinski definition) is 1. The summed E-state index contributed by atoms with van der Waals surface area (Å²) in [5, 5.41) is 20.5. The van der Waals surface area contributed by atoms with E-state index in [1.165, 1.54) is 17.3 Å². The molecular formula is C21H25ClN4O2S. The van der Waals surface area contributed by atoms with E-state index in [2.05, 4.69) is 21.2 Å². The zero-order valence-electron chi connectivity index (χ0n) is 16.4. The minimum absolute atomic E-state index is 0.147. The van der Waals surface area contributed by atoms with Gasteiger partial charge in [-0.2, -0.15) is 0 Å². The van der Waals surface area contributed by atoms with Crippen molar-refractivity contribution in [3.05, 3.63) is 59.1 Å². The summed E-state index contributed by atoms with van der Waals surface area (Å²) in [5.74, 6) is 0.922. The third kappa shape index (κ3) is 5.04. The van der Waals surface area contributed by atoms with Gasteiger partial charge in [-0.25, -0.2) is 0 Å². The van der Waals surface area contributed by atoms with E-state index in [0.29, 0.717) is 0 Å². The number of likely N-dealkylation sites (tertiary alicyclic amines) is 1. The van der Waals surface area contributed by atoms with Gasteiger partial charge in [0, 0.05) is 24.0 Å². The smallest absolute Gasteiger partial charge is 0.198 e. The maximum atomic E-state index is 10.2. The summed E-state index contributed by atoms with van der Waals surface area (Å²) >= 11 is 7.62. The molecule has 154 valence electrons. The highest BCUT2D eigenvalue weighted by Crippen LogP contribution is 2.35. The van der Waals surface area contributed by atoms with Crippen LogP contribution in [0.25, 0.3) is 0 Å². The van der Waals surface area contributed by atoms with Gasteiger partial charge in [-0.3, -0.25) is 4.90 Å². The predicted molar refractivity (Wildman–Crippen MR) is 113 cm³/mol. The topological polar surface area (TPSA) is 67.3 Å². The van der Waals surface area contributed by atoms with Gasteiger partial charge in [0.25, 0.3) is 0 Å². The second kappa shape index (κ2) is 8.92. The molecule has 0 spiro atoms. The lowest BCUT2D eigenvalue weighted by Gasteiger charge is -2.41. The Morgan fingerprint density at radius 1 is 1.31 bits per heavy atom. The minimum atomic E-state index is -0.147. The first kappa shape index (κ1) is 20.5. The highest BCUT2D eigenvalue weighted by molar-refractivity contribution is 7.99. The van der Waals surface area contributed by atoms with Crippen LogP contribution >= 0.6 is 23.4 Å². The monoisotopic (exact) mass is 432 g/mol. The molecule has 1 atom stereocenters. The lowest BCUT2D eigenvalue weighted by Crippen LogP contribution is -2.46. The molecule has 1 unspecified atom stereocenters. The standard InChI is InChI=1S/C21H25ClN4O2S/c1-25-15-23-24-20(25)29-19-7-6-18(28-19)12-26-9-3-8-21(13-26,14-27)11-16-4-2-5-17(22)10-16/h2,4-7,10,15,27H,3,8-9,11-14H2,1H3. The fourth-order valence-corrected chi connectivity index (χ4v) is 4.98. The highest BCUT2D eigenvalue weighted by Gasteiger charge is 2.35. The molecule has 4 rings (SSSR count). The Kier molecular flexibility index (Phi) is 6.29. The number of rotatable bonds is 7. The van der Waals surface area contributed by atoms with Gasteiger partial charge in [-0.1, -0.05) is 23.7 Å². The second-order valence-corrected chi connectivity index (χ2v) is 9.23. The van der Waals surface area contributed by atoms with Crippen LogP contribution in [0, 0.1) is 5.41 Å². The molecule has 8 heteroatoms. The Morgan fingerprint density at radius 3 is 2.97 bits per heavy atom. The number of aliphatic hydroxyl groups is 1. The van der Waals surface area contributed by atoms with Crippen molar-refractivity contribution in [1.82, 2.24) is 19.7 Å². The van der Waals surface area contributed by atoms with Gasteiger partial charge in [-0.15, -0.1) is 10.2 Å². The number of benzene rings is 1. The molecular weight excluding hydrogens is 408 g/mol. The van der Waals surface area contributed by atoms with Crippen molar-refractivity contribution in [3.8, 4) is 0 Å². The van der Waals surface area contributed by atoms with Crippen molar-refractivity contribution in [2.45, 2.75) is 36.1 Å². The molecule has 1 N–H and O–H groups in total. The highest BCUT2D eigenvalue weighted by atomic mass is 35.5. The minimum Gasteiger partial charge on any atom is -0.453 e. The predicted octanol–water partition coefficient (Wildman–Crippen LogP) is 4.03. The van der Waals surface area contributed by atoms with Crippen molar-refractivity contribution < 1.29 is 9.52 Å². The van der Waals surface area contributed by atoms with Crippen molar-refractivity contribution in [2.24, 2.45) is 12.5 Å². The summed E-state index contributed by atoms with van der Waals surface area (Å²) in [5.41, 5.74) is 1.03. The van der Waals surface area contributed by atoms with E-state index in [1.54, 1.807) is 6.33 Å². The van der Waals surface area contributed by atoms with Gasteiger partial charge in [-0.05, 0) is 67.4 Å². The van der Waals surface area contributed by atoms with E-state index in [0.717, 1.165) is 59.9 Å². The van der Waals surface area contributed by atoms with Crippen LogP contribution in [0.5, 0.6) is 0 Å². The number of aromatic nitrogens is 3. The maximum Gasteiger partial charge on any atom is 0.198 e. The van der Waals surface area contributed by atoms with Gasteiger partial charge in [0.15, 0.2) is 10.2 Å². The largest absolute Gasteiger partial charge is 0.453 e. The normalized spacial score (nSPS) is 20.2. The lowest BCUT2D eigenvalue weighted by molar-refractivity contribution is 0.0257. The molecule has 1 fully saturated rings. The summed E-state index contributed by atoms with van der Waals surface area (Å²) in [6.45, 7) is 2.74. The first-order chi connectivity index (χ1) is 14.0. The van der Waals surface area contributed by atoms with Crippen LogP contribution < -0.4 is 0 Å². The summed E-state index contributed by atoms with van der Waals surface area (Å²) in [7, 11) is 1.91. The van der Waals surface area contributed by atoms with Crippen molar-refractivity contribution in [1.29, 1.82) is 0 Å². The third-order valence-corrected chi connectivity index (χ3v) is 6.63. The Labute approximate surface area is 179 Å². The molecule has 1 aromatic carbocycles. The number of aryl methyl sites for hydroxylation is 1. The van der Waals surface area contributed by atoms with Gasteiger partial charge < -0.3 is 14.1 Å². The molecule has 0 radical (unpaired) electrons. The van der Waals surface area contributed by atoms with Gasteiger partial charge in [0.1, 0.15) is 12.1 Å². The number of nitrogens with zero attached hydrogens (tertiary/aromatic N) is 4. The maximum absolute atomic E-state index is 10.2. The molecule has 1 saturated heterocycles. The van der Waals surface area contributed by atoms with Crippen LogP contribution in [0.15, 0.2) is 57.4 Å². The van der Waals surface area contributed by atoms with Crippen LogP contribution in [-0.2, 0) is 20.0 Å². The summed E-state index contributed by atoms with van der Waals surface area (Å²) in [4.78, 5) is 2.37. The summed E-state index contributed by atoms with van der Waals surface area (Å²) in [6.07, 6.45) is 4.57. The van der Waals surface area contributed by atoms with E-state index in [-0.39, 0.29) is 12.0 Å². The SMILES string of the molecule is Cn1cnnc1Sc1ccc(CN2CCCC(CO)(Cc3cccc(Cl)c3)C2)o1. The van der Waals surface area contributed by atoms with Gasteiger partial charge in [0.2, 0.25) is 0 Å². The molecule has 3 heterocycles. The number of piperidine rings is 1. The van der Waals surface area contributed by atoms with Crippen molar-refractivity contribution >= 4 is 23.4 Å². The summed E-state index contributed by atoms with van der Waals surface area (Å²) in [6, 6.07) is 11.9. The van der Waals surface area contributed by atoms with E-state index >= 15 is 0 Å². The average Bonchev–Trinajstić information content (AvgIpc) is 3.31. The van der Waals surface area contributed by atoms with E-state index in [1.807, 2.05) is 41.9 Å². The third-order valence-electron chi connectivity index (χ3n) is 5.42. The number of halogens is 1. The van der Waals surface area contributed by atoms with Crippen molar-refractivity contribution in [2.75, 3.05) is 19.7 Å². The van der Waals surface area contributed by atoms with Crippen LogP contribution in [0.3, 0.4) is 0 Å². The fourth-order valence-electron chi connectivity index (χ4n) is 4.03. The Morgan fingerprint density at radius 2 is 2.21 bits per heavy atom. The van der Waals surface area contributed by atoms with Crippen LogP contribution in [0.1, 0.15) is 24.2 Å². The molecule has 6 nitrogen and oxygen atoms in total. The molecule has 0 aliphatic carbocycles. The Hall–Kier alpha value is -1.80. The first-order valence-corrected chi connectivity index (χ1v) is 10.9. The van der Waals surface area contributed by atoms with E-state index in [4.69, 9.17) is 16.0 Å². The van der Waals surface area contributed by atoms with Gasteiger partial charge in [0.05, 0.1) is 13.2 Å². The first-order valence-electron chi connectivity index (χ1n) is 9.73. The van der Waals surface area contributed by atoms with Gasteiger partial charge >= 0.3 is 0 Å². The molecule has 29 heavy (non-hydrogen) atoms. The molecule has 3 aromatic rings. The van der Waals surface area contributed by atoms with Crippen LogP contribution in [0.2, 0.25) is 5.02 Å². The zero-order chi connectivity index (χ0) is 20.3. The Bertz CT molecular complexity index is 960. The van der Waals surface area contributed by atoms with Crippen molar-refractivity contribution in [3.63, 3.8) is 0 Å². The fraction of sp³-hybridized carbons (Fsp3) is 0.429. The Balaban J connectivity index is 1.41. The van der Waals surface area contributed by atoms with Crippen LogP contribution in [0.4, 0.5) is 0 Å². The molecule has 0 bridgehead atoms. The van der Waals surface area contributed by atoms with Crippen LogP contribution in [-0.4, -0.2) is 44.5 Å².